The lowest BCUT2D eigenvalue weighted by molar-refractivity contribution is 0.104. The van der Waals surface area contributed by atoms with Crippen LogP contribution in [-0.2, 0) is 9.84 Å². The van der Waals surface area contributed by atoms with Crippen molar-refractivity contribution in [3.63, 3.8) is 0 Å². The van der Waals surface area contributed by atoms with Crippen LogP contribution in [0.15, 0.2) is 58.3 Å². The normalized spacial score (nSPS) is 17.8. The van der Waals surface area contributed by atoms with Crippen molar-refractivity contribution in [3.8, 4) is 5.75 Å². The van der Waals surface area contributed by atoms with Gasteiger partial charge in [0.1, 0.15) is 10.7 Å². The number of Topliss-reactive ketones (excluding diaryl/α,β-unsaturated/α-hetero) is 1. The highest BCUT2D eigenvalue weighted by Crippen LogP contribution is 2.35. The molecule has 1 aliphatic rings. The van der Waals surface area contributed by atoms with E-state index in [2.05, 4.69) is 0 Å². The first-order valence-electron chi connectivity index (χ1n) is 6.29. The number of rotatable bonds is 2. The summed E-state index contributed by atoms with van der Waals surface area (Å²) >= 11 is 0. The summed E-state index contributed by atoms with van der Waals surface area (Å²) < 4.78 is 30.1. The van der Waals surface area contributed by atoms with E-state index in [9.17, 15) is 13.2 Å². The molecule has 1 aliphatic heterocycles. The molecule has 1 heterocycles. The third-order valence-electron chi connectivity index (χ3n) is 3.36. The Balaban J connectivity index is 2.21. The Morgan fingerprint density at radius 2 is 1.67 bits per heavy atom. The molecule has 2 aromatic carbocycles. The number of hydrogen-bond donors (Lipinski definition) is 0. The zero-order valence-electron chi connectivity index (χ0n) is 11.2. The number of para-hydroxylation sites is 1. The molecule has 2 aromatic rings. The molecule has 0 bridgehead atoms. The van der Waals surface area contributed by atoms with E-state index in [1.807, 2.05) is 0 Å². The first kappa shape index (κ1) is 13.6. The third-order valence-corrected chi connectivity index (χ3v) is 5.18. The molecule has 0 fully saturated rings. The molecule has 0 aromatic heterocycles. The number of fused-ring (bicyclic) bond motifs is 1. The first-order chi connectivity index (χ1) is 10.1. The highest BCUT2D eigenvalue weighted by molar-refractivity contribution is 7.97. The molecule has 0 saturated carbocycles. The Kier molecular flexibility index (Phi) is 3.14. The molecule has 5 heteroatoms. The Morgan fingerprint density at radius 3 is 2.38 bits per heavy atom. The maximum absolute atomic E-state index is 12.5. The zero-order valence-corrected chi connectivity index (χ0v) is 12.1. The summed E-state index contributed by atoms with van der Waals surface area (Å²) in [6, 6.07) is 13.2. The van der Waals surface area contributed by atoms with Crippen LogP contribution in [0.1, 0.15) is 15.9 Å². The van der Waals surface area contributed by atoms with E-state index in [0.717, 1.165) is 0 Å². The van der Waals surface area contributed by atoms with Gasteiger partial charge >= 0.3 is 0 Å². The van der Waals surface area contributed by atoms with Gasteiger partial charge in [-0.3, -0.25) is 4.79 Å². The van der Waals surface area contributed by atoms with Crippen LogP contribution in [0.5, 0.6) is 5.75 Å². The Hall–Kier alpha value is -2.40. The van der Waals surface area contributed by atoms with Crippen molar-refractivity contribution < 1.29 is 17.9 Å². The van der Waals surface area contributed by atoms with E-state index in [-0.39, 0.29) is 15.4 Å². The van der Waals surface area contributed by atoms with E-state index in [1.54, 1.807) is 36.4 Å². The van der Waals surface area contributed by atoms with Gasteiger partial charge in [0, 0.05) is 11.1 Å². The molecule has 0 N–H and O–H groups in total. The highest BCUT2D eigenvalue weighted by Gasteiger charge is 2.38. The molecule has 3 rings (SSSR count). The maximum Gasteiger partial charge on any atom is 0.211 e. The van der Waals surface area contributed by atoms with Gasteiger partial charge in [-0.2, -0.15) is 0 Å². The molecular weight excluding hydrogens is 288 g/mol. The number of methoxy groups -OCH3 is 1. The highest BCUT2D eigenvalue weighted by atomic mass is 32.2. The second-order valence-corrected chi connectivity index (χ2v) is 6.47. The van der Waals surface area contributed by atoms with Crippen LogP contribution in [0.2, 0.25) is 0 Å². The summed E-state index contributed by atoms with van der Waals surface area (Å²) in [5, 5.41) is 0. The SMILES string of the molecule is COc1ccccc1/C=C1\C(=O)c2ccccc2S1(=O)=O. The Labute approximate surface area is 122 Å². The van der Waals surface area contributed by atoms with Gasteiger partial charge in [-0.1, -0.05) is 30.3 Å². The number of sulfone groups is 1. The lowest BCUT2D eigenvalue weighted by Crippen LogP contribution is -2.02. The third kappa shape index (κ3) is 2.06. The first-order valence-corrected chi connectivity index (χ1v) is 7.77. The fraction of sp³-hybridized carbons (Fsp3) is 0.0625. The standard InChI is InChI=1S/C16H12O4S/c1-20-13-8-4-2-6-11(13)10-15-16(17)12-7-3-5-9-14(12)21(15,18)19/h2-10H,1H3/b15-10+. The predicted molar refractivity (Wildman–Crippen MR) is 78.9 cm³/mol. The van der Waals surface area contributed by atoms with Gasteiger partial charge in [-0.05, 0) is 24.3 Å². The van der Waals surface area contributed by atoms with Gasteiger partial charge in [-0.25, -0.2) is 8.42 Å². The molecule has 0 aliphatic carbocycles. The van der Waals surface area contributed by atoms with E-state index >= 15 is 0 Å². The smallest absolute Gasteiger partial charge is 0.211 e. The van der Waals surface area contributed by atoms with Gasteiger partial charge < -0.3 is 4.74 Å². The molecule has 0 saturated heterocycles. The van der Waals surface area contributed by atoms with Gasteiger partial charge in [0.05, 0.1) is 12.0 Å². The van der Waals surface area contributed by atoms with Gasteiger partial charge in [0.15, 0.2) is 0 Å². The summed E-state index contributed by atoms with van der Waals surface area (Å²) in [7, 11) is -2.27. The number of benzene rings is 2. The zero-order chi connectivity index (χ0) is 15.0. The van der Waals surface area contributed by atoms with E-state index in [1.165, 1.54) is 25.3 Å². The van der Waals surface area contributed by atoms with Crippen molar-refractivity contribution in [1.29, 1.82) is 0 Å². The summed E-state index contributed by atoms with van der Waals surface area (Å²) in [6.45, 7) is 0. The summed E-state index contributed by atoms with van der Waals surface area (Å²) in [5.74, 6) is 0.0421. The minimum Gasteiger partial charge on any atom is -0.496 e. The van der Waals surface area contributed by atoms with Crippen molar-refractivity contribution in [2.75, 3.05) is 7.11 Å². The Morgan fingerprint density at radius 1 is 1.00 bits per heavy atom. The average molecular weight is 300 g/mol. The predicted octanol–water partition coefficient (Wildman–Crippen LogP) is 2.71. The number of hydrogen-bond acceptors (Lipinski definition) is 4. The lowest BCUT2D eigenvalue weighted by atomic mass is 10.1. The number of ketones is 1. The summed E-state index contributed by atoms with van der Waals surface area (Å²) in [4.78, 5) is 12.2. The minimum absolute atomic E-state index is 0.0659. The van der Waals surface area contributed by atoms with Crippen molar-refractivity contribution in [2.45, 2.75) is 4.90 Å². The maximum atomic E-state index is 12.5. The van der Waals surface area contributed by atoms with Crippen LogP contribution < -0.4 is 4.74 Å². The minimum atomic E-state index is -3.76. The topological polar surface area (TPSA) is 60.4 Å². The number of ether oxygens (including phenoxy) is 1. The van der Waals surface area contributed by atoms with Gasteiger partial charge in [0.2, 0.25) is 15.6 Å². The van der Waals surface area contributed by atoms with E-state index in [0.29, 0.717) is 11.3 Å². The summed E-state index contributed by atoms with van der Waals surface area (Å²) in [5.41, 5.74) is 0.776. The number of allylic oxidation sites excluding steroid dienone is 1. The second-order valence-electron chi connectivity index (χ2n) is 4.58. The summed E-state index contributed by atoms with van der Waals surface area (Å²) in [6.07, 6.45) is 1.37. The van der Waals surface area contributed by atoms with Crippen LogP contribution in [0, 0.1) is 0 Å². The van der Waals surface area contributed by atoms with Crippen molar-refractivity contribution in [2.24, 2.45) is 0 Å². The van der Waals surface area contributed by atoms with Crippen LogP contribution in [0.4, 0.5) is 0 Å². The molecule has 0 spiro atoms. The van der Waals surface area contributed by atoms with Crippen LogP contribution >= 0.6 is 0 Å². The molecule has 0 amide bonds. The quantitative estimate of drug-likeness (QED) is 0.800. The van der Waals surface area contributed by atoms with Gasteiger partial charge in [-0.15, -0.1) is 0 Å². The molecule has 106 valence electrons. The van der Waals surface area contributed by atoms with Crippen LogP contribution in [-0.4, -0.2) is 21.3 Å². The monoisotopic (exact) mass is 300 g/mol. The lowest BCUT2D eigenvalue weighted by Gasteiger charge is -2.04. The van der Waals surface area contributed by atoms with Crippen LogP contribution in [0.3, 0.4) is 0 Å². The van der Waals surface area contributed by atoms with Crippen LogP contribution in [0.25, 0.3) is 6.08 Å². The number of carbonyl (C=O) groups is 1. The molecule has 0 radical (unpaired) electrons. The number of carbonyl (C=O) groups excluding carboxylic acids is 1. The largest absolute Gasteiger partial charge is 0.496 e. The molecular formula is C16H12O4S. The molecule has 21 heavy (non-hydrogen) atoms. The average Bonchev–Trinajstić information content (AvgIpc) is 2.69. The Bertz CT molecular complexity index is 863. The fourth-order valence-electron chi connectivity index (χ4n) is 2.33. The fourth-order valence-corrected chi connectivity index (χ4v) is 3.91. The second kappa shape index (κ2) is 4.86. The molecule has 0 atom stereocenters. The van der Waals surface area contributed by atoms with Crippen molar-refractivity contribution >= 4 is 21.7 Å². The van der Waals surface area contributed by atoms with Crippen molar-refractivity contribution in [3.05, 3.63) is 64.6 Å². The van der Waals surface area contributed by atoms with E-state index in [4.69, 9.17) is 4.74 Å². The molecule has 0 unspecified atom stereocenters. The van der Waals surface area contributed by atoms with Gasteiger partial charge in [0.25, 0.3) is 0 Å². The van der Waals surface area contributed by atoms with Crippen molar-refractivity contribution in [1.82, 2.24) is 0 Å². The molecule has 4 nitrogen and oxygen atoms in total. The van der Waals surface area contributed by atoms with E-state index < -0.39 is 15.6 Å².